The van der Waals surface area contributed by atoms with Crippen LogP contribution in [0.2, 0.25) is 0 Å². The van der Waals surface area contributed by atoms with E-state index in [9.17, 15) is 9.50 Å². The zero-order chi connectivity index (χ0) is 15.4. The van der Waals surface area contributed by atoms with E-state index in [1.807, 2.05) is 13.0 Å². The monoisotopic (exact) mass is 290 g/mol. The maximum atomic E-state index is 14.0. The maximum Gasteiger partial charge on any atom is 0.171 e. The Morgan fingerprint density at radius 1 is 1.19 bits per heavy atom. The van der Waals surface area contributed by atoms with Gasteiger partial charge in [0.2, 0.25) is 0 Å². The first-order valence-electron chi connectivity index (χ1n) is 6.75. The zero-order valence-electron chi connectivity index (χ0n) is 12.4. The SMILES string of the molecule is COc1cccc(COc2ccc([C@@H](C)O)cc2C)c1F. The van der Waals surface area contributed by atoms with Crippen molar-refractivity contribution < 1.29 is 19.0 Å². The largest absolute Gasteiger partial charge is 0.494 e. The van der Waals surface area contributed by atoms with Gasteiger partial charge >= 0.3 is 0 Å². The van der Waals surface area contributed by atoms with Crippen molar-refractivity contribution >= 4 is 0 Å². The average Bonchev–Trinajstić information content (AvgIpc) is 2.47. The molecular weight excluding hydrogens is 271 g/mol. The second-order valence-electron chi connectivity index (χ2n) is 4.92. The van der Waals surface area contributed by atoms with Gasteiger partial charge < -0.3 is 14.6 Å². The lowest BCUT2D eigenvalue weighted by atomic mass is 10.1. The van der Waals surface area contributed by atoms with E-state index in [0.29, 0.717) is 11.3 Å². The van der Waals surface area contributed by atoms with Gasteiger partial charge in [-0.3, -0.25) is 0 Å². The molecule has 0 fully saturated rings. The number of benzene rings is 2. The minimum atomic E-state index is -0.520. The summed E-state index contributed by atoms with van der Waals surface area (Å²) in [4.78, 5) is 0. The summed E-state index contributed by atoms with van der Waals surface area (Å²) < 4.78 is 24.6. The molecule has 0 aromatic heterocycles. The molecule has 2 rings (SSSR count). The first-order valence-corrected chi connectivity index (χ1v) is 6.75. The van der Waals surface area contributed by atoms with E-state index < -0.39 is 11.9 Å². The first kappa shape index (κ1) is 15.3. The Kier molecular flexibility index (Phi) is 4.81. The summed E-state index contributed by atoms with van der Waals surface area (Å²) in [5.74, 6) is 0.470. The average molecular weight is 290 g/mol. The molecule has 1 N–H and O–H groups in total. The van der Waals surface area contributed by atoms with Crippen LogP contribution in [0.1, 0.15) is 29.7 Å². The molecule has 2 aromatic rings. The van der Waals surface area contributed by atoms with E-state index >= 15 is 0 Å². The molecule has 0 aliphatic heterocycles. The van der Waals surface area contributed by atoms with Crippen LogP contribution in [0.25, 0.3) is 0 Å². The molecule has 21 heavy (non-hydrogen) atoms. The minimum Gasteiger partial charge on any atom is -0.494 e. The molecule has 0 aliphatic carbocycles. The van der Waals surface area contributed by atoms with Crippen LogP contribution in [0.3, 0.4) is 0 Å². The van der Waals surface area contributed by atoms with Gasteiger partial charge in [0, 0.05) is 5.56 Å². The second kappa shape index (κ2) is 6.59. The Balaban J connectivity index is 2.13. The fourth-order valence-corrected chi connectivity index (χ4v) is 2.08. The van der Waals surface area contributed by atoms with Gasteiger partial charge in [-0.1, -0.05) is 18.2 Å². The summed E-state index contributed by atoms with van der Waals surface area (Å²) in [6.45, 7) is 3.72. The van der Waals surface area contributed by atoms with Gasteiger partial charge in [0.1, 0.15) is 12.4 Å². The standard InChI is InChI=1S/C17H19FO3/c1-11-9-13(12(2)19)7-8-15(11)21-10-14-5-4-6-16(20-3)17(14)18/h4-9,12,19H,10H2,1-3H3/t12-/m1/s1. The molecule has 0 aliphatic rings. The van der Waals surface area contributed by atoms with E-state index in [1.165, 1.54) is 7.11 Å². The fourth-order valence-electron chi connectivity index (χ4n) is 2.08. The molecule has 0 spiro atoms. The number of rotatable bonds is 5. The number of ether oxygens (including phenoxy) is 2. The van der Waals surface area contributed by atoms with Crippen LogP contribution in [0, 0.1) is 12.7 Å². The van der Waals surface area contributed by atoms with Crippen LogP contribution in [-0.2, 0) is 6.61 Å². The van der Waals surface area contributed by atoms with Crippen molar-refractivity contribution in [2.24, 2.45) is 0 Å². The van der Waals surface area contributed by atoms with E-state index in [-0.39, 0.29) is 12.4 Å². The van der Waals surface area contributed by atoms with Gasteiger partial charge in [-0.05, 0) is 43.2 Å². The van der Waals surface area contributed by atoms with Crippen LogP contribution in [0.4, 0.5) is 4.39 Å². The normalized spacial score (nSPS) is 12.0. The highest BCUT2D eigenvalue weighted by atomic mass is 19.1. The molecule has 0 saturated carbocycles. The number of aliphatic hydroxyl groups excluding tert-OH is 1. The van der Waals surface area contributed by atoms with Gasteiger partial charge in [0.15, 0.2) is 11.6 Å². The highest BCUT2D eigenvalue weighted by Crippen LogP contribution is 2.25. The van der Waals surface area contributed by atoms with Crippen LogP contribution >= 0.6 is 0 Å². The van der Waals surface area contributed by atoms with Crippen LogP contribution in [-0.4, -0.2) is 12.2 Å². The van der Waals surface area contributed by atoms with Crippen molar-refractivity contribution in [1.29, 1.82) is 0 Å². The van der Waals surface area contributed by atoms with Crippen molar-refractivity contribution in [3.8, 4) is 11.5 Å². The summed E-state index contributed by atoms with van der Waals surface area (Å²) in [5.41, 5.74) is 2.16. The predicted molar refractivity (Wildman–Crippen MR) is 79.1 cm³/mol. The Hall–Kier alpha value is -2.07. The van der Waals surface area contributed by atoms with Crippen LogP contribution in [0.15, 0.2) is 36.4 Å². The topological polar surface area (TPSA) is 38.7 Å². The molecule has 1 atom stereocenters. The summed E-state index contributed by atoms with van der Waals surface area (Å²) in [5, 5.41) is 9.54. The fraction of sp³-hybridized carbons (Fsp3) is 0.294. The molecular formula is C17H19FO3. The molecule has 4 heteroatoms. The summed E-state index contributed by atoms with van der Waals surface area (Å²) >= 11 is 0. The molecule has 0 unspecified atom stereocenters. The van der Waals surface area contributed by atoms with Crippen molar-refractivity contribution in [3.63, 3.8) is 0 Å². The first-order chi connectivity index (χ1) is 10.0. The molecule has 0 bridgehead atoms. The third-order valence-corrected chi connectivity index (χ3v) is 3.33. The molecule has 0 amide bonds. The lowest BCUT2D eigenvalue weighted by Gasteiger charge is -2.13. The quantitative estimate of drug-likeness (QED) is 0.911. The van der Waals surface area contributed by atoms with Crippen LogP contribution < -0.4 is 9.47 Å². The van der Waals surface area contributed by atoms with Crippen LogP contribution in [0.5, 0.6) is 11.5 Å². The number of aryl methyl sites for hydroxylation is 1. The Bertz CT molecular complexity index is 623. The number of aliphatic hydroxyl groups is 1. The minimum absolute atomic E-state index is 0.123. The third kappa shape index (κ3) is 3.52. The summed E-state index contributed by atoms with van der Waals surface area (Å²) in [7, 11) is 1.43. The smallest absolute Gasteiger partial charge is 0.171 e. The summed E-state index contributed by atoms with van der Waals surface area (Å²) in [6, 6.07) is 10.4. The lowest BCUT2D eigenvalue weighted by Crippen LogP contribution is -2.02. The molecule has 0 saturated heterocycles. The Labute approximate surface area is 124 Å². The van der Waals surface area contributed by atoms with E-state index in [2.05, 4.69) is 0 Å². The second-order valence-corrected chi connectivity index (χ2v) is 4.92. The Morgan fingerprint density at radius 3 is 2.57 bits per heavy atom. The number of hydrogen-bond donors (Lipinski definition) is 1. The summed E-state index contributed by atoms with van der Waals surface area (Å²) in [6.07, 6.45) is -0.520. The molecule has 2 aromatic carbocycles. The third-order valence-electron chi connectivity index (χ3n) is 3.33. The predicted octanol–water partition coefficient (Wildman–Crippen LogP) is 3.78. The van der Waals surface area contributed by atoms with Gasteiger partial charge in [-0.15, -0.1) is 0 Å². The van der Waals surface area contributed by atoms with Crippen molar-refractivity contribution in [1.82, 2.24) is 0 Å². The zero-order valence-corrected chi connectivity index (χ0v) is 12.4. The van der Waals surface area contributed by atoms with Gasteiger partial charge in [-0.25, -0.2) is 4.39 Å². The highest BCUT2D eigenvalue weighted by Gasteiger charge is 2.10. The van der Waals surface area contributed by atoms with Gasteiger partial charge in [0.05, 0.1) is 13.2 Å². The van der Waals surface area contributed by atoms with Crippen molar-refractivity contribution in [2.75, 3.05) is 7.11 Å². The van der Waals surface area contributed by atoms with Gasteiger partial charge in [-0.2, -0.15) is 0 Å². The van der Waals surface area contributed by atoms with Crippen molar-refractivity contribution in [2.45, 2.75) is 26.6 Å². The molecule has 0 heterocycles. The Morgan fingerprint density at radius 2 is 1.95 bits per heavy atom. The molecule has 112 valence electrons. The van der Waals surface area contributed by atoms with Gasteiger partial charge in [0.25, 0.3) is 0 Å². The maximum absolute atomic E-state index is 14.0. The van der Waals surface area contributed by atoms with Crippen molar-refractivity contribution in [3.05, 3.63) is 58.9 Å². The molecule has 3 nitrogen and oxygen atoms in total. The molecule has 0 radical (unpaired) electrons. The van der Waals surface area contributed by atoms with E-state index in [1.54, 1.807) is 37.3 Å². The number of halogens is 1. The number of hydrogen-bond acceptors (Lipinski definition) is 3. The highest BCUT2D eigenvalue weighted by molar-refractivity contribution is 5.37. The lowest BCUT2D eigenvalue weighted by molar-refractivity contribution is 0.199. The van der Waals surface area contributed by atoms with E-state index in [4.69, 9.17) is 9.47 Å². The number of methoxy groups -OCH3 is 1. The van der Waals surface area contributed by atoms with E-state index in [0.717, 1.165) is 11.1 Å².